The standard InChI is InChI=1S/C14H21NO2S/c1-10(14-12(16)3-2-4-13(14)17)15-9-11-5-7-18-8-6-11/h2-4,10-11,15-17H,5-9H2,1H3. The van der Waals surface area contributed by atoms with Crippen LogP contribution in [0.1, 0.15) is 31.4 Å². The van der Waals surface area contributed by atoms with Crippen molar-refractivity contribution in [2.75, 3.05) is 18.1 Å². The SMILES string of the molecule is CC(NCC1CCSCC1)c1c(O)cccc1O. The van der Waals surface area contributed by atoms with Crippen LogP contribution in [-0.4, -0.2) is 28.3 Å². The average Bonchev–Trinajstić information content (AvgIpc) is 2.37. The number of nitrogens with one attached hydrogen (secondary N) is 1. The van der Waals surface area contributed by atoms with Crippen molar-refractivity contribution in [3.63, 3.8) is 0 Å². The summed E-state index contributed by atoms with van der Waals surface area (Å²) in [7, 11) is 0. The summed E-state index contributed by atoms with van der Waals surface area (Å²) < 4.78 is 0. The molecule has 1 aliphatic rings. The molecule has 2 rings (SSSR count). The Balaban J connectivity index is 1.92. The van der Waals surface area contributed by atoms with Crippen LogP contribution in [0.2, 0.25) is 0 Å². The molecule has 0 aliphatic carbocycles. The van der Waals surface area contributed by atoms with Gasteiger partial charge < -0.3 is 15.5 Å². The molecule has 1 heterocycles. The fourth-order valence-electron chi connectivity index (χ4n) is 2.38. The summed E-state index contributed by atoms with van der Waals surface area (Å²) >= 11 is 2.03. The number of thioether (sulfide) groups is 1. The Morgan fingerprint density at radius 2 is 1.89 bits per heavy atom. The van der Waals surface area contributed by atoms with Gasteiger partial charge in [0.15, 0.2) is 0 Å². The van der Waals surface area contributed by atoms with E-state index in [0.717, 1.165) is 12.5 Å². The molecule has 1 aromatic rings. The normalized spacial score (nSPS) is 18.7. The summed E-state index contributed by atoms with van der Waals surface area (Å²) in [6.45, 7) is 2.93. The molecule has 0 spiro atoms. The van der Waals surface area contributed by atoms with Gasteiger partial charge in [0.25, 0.3) is 0 Å². The van der Waals surface area contributed by atoms with E-state index < -0.39 is 0 Å². The van der Waals surface area contributed by atoms with Crippen molar-refractivity contribution >= 4 is 11.8 Å². The molecule has 1 unspecified atom stereocenters. The Morgan fingerprint density at radius 1 is 1.28 bits per heavy atom. The Hall–Kier alpha value is -0.870. The number of phenols is 2. The molecule has 1 aliphatic heterocycles. The molecule has 0 radical (unpaired) electrons. The highest BCUT2D eigenvalue weighted by molar-refractivity contribution is 7.99. The lowest BCUT2D eigenvalue weighted by molar-refractivity contribution is 0.391. The predicted molar refractivity (Wildman–Crippen MR) is 76.2 cm³/mol. The van der Waals surface area contributed by atoms with Crippen molar-refractivity contribution in [3.05, 3.63) is 23.8 Å². The zero-order valence-corrected chi connectivity index (χ0v) is 11.5. The minimum atomic E-state index is -0.0271. The molecular formula is C14H21NO2S. The first-order valence-corrected chi connectivity index (χ1v) is 7.66. The van der Waals surface area contributed by atoms with Gasteiger partial charge in [-0.15, -0.1) is 0 Å². The molecular weight excluding hydrogens is 246 g/mol. The smallest absolute Gasteiger partial charge is 0.124 e. The van der Waals surface area contributed by atoms with E-state index >= 15 is 0 Å². The minimum absolute atomic E-state index is 0.0271. The van der Waals surface area contributed by atoms with Crippen LogP contribution in [0.3, 0.4) is 0 Å². The number of phenolic OH excluding ortho intramolecular Hbond substituents is 2. The summed E-state index contributed by atoms with van der Waals surface area (Å²) in [5.74, 6) is 3.55. The molecule has 1 saturated heterocycles. The van der Waals surface area contributed by atoms with Crippen LogP contribution in [0.4, 0.5) is 0 Å². The molecule has 100 valence electrons. The molecule has 1 atom stereocenters. The zero-order chi connectivity index (χ0) is 13.0. The molecule has 0 saturated carbocycles. The highest BCUT2D eigenvalue weighted by Gasteiger charge is 2.18. The quantitative estimate of drug-likeness (QED) is 0.785. The maximum Gasteiger partial charge on any atom is 0.124 e. The van der Waals surface area contributed by atoms with Crippen molar-refractivity contribution in [2.24, 2.45) is 5.92 Å². The molecule has 0 aromatic heterocycles. The molecule has 1 aromatic carbocycles. The second kappa shape index (κ2) is 6.34. The van der Waals surface area contributed by atoms with Gasteiger partial charge in [0, 0.05) is 6.04 Å². The Kier molecular flexibility index (Phi) is 4.78. The first-order chi connectivity index (χ1) is 8.68. The Bertz CT molecular complexity index is 371. The van der Waals surface area contributed by atoms with Gasteiger partial charge >= 0.3 is 0 Å². The molecule has 18 heavy (non-hydrogen) atoms. The third-order valence-corrected chi connectivity index (χ3v) is 4.60. The lowest BCUT2D eigenvalue weighted by Gasteiger charge is -2.24. The third kappa shape index (κ3) is 3.33. The molecule has 0 amide bonds. The van der Waals surface area contributed by atoms with Crippen molar-refractivity contribution < 1.29 is 10.2 Å². The molecule has 3 nitrogen and oxygen atoms in total. The van der Waals surface area contributed by atoms with Gasteiger partial charge in [-0.3, -0.25) is 0 Å². The molecule has 3 N–H and O–H groups in total. The van der Waals surface area contributed by atoms with Crippen molar-refractivity contribution in [3.8, 4) is 11.5 Å². The van der Waals surface area contributed by atoms with E-state index in [1.165, 1.54) is 24.3 Å². The lowest BCUT2D eigenvalue weighted by Crippen LogP contribution is -2.28. The van der Waals surface area contributed by atoms with Gasteiger partial charge in [0.1, 0.15) is 11.5 Å². The summed E-state index contributed by atoms with van der Waals surface area (Å²) in [6, 6.07) is 4.86. The average molecular weight is 267 g/mol. The highest BCUT2D eigenvalue weighted by atomic mass is 32.2. The second-order valence-electron chi connectivity index (χ2n) is 4.90. The molecule has 1 fully saturated rings. The summed E-state index contributed by atoms with van der Waals surface area (Å²) in [4.78, 5) is 0. The van der Waals surface area contributed by atoms with Gasteiger partial charge in [-0.25, -0.2) is 0 Å². The summed E-state index contributed by atoms with van der Waals surface area (Å²) in [6.07, 6.45) is 2.52. The van der Waals surface area contributed by atoms with Crippen LogP contribution in [0.25, 0.3) is 0 Å². The van der Waals surface area contributed by atoms with Gasteiger partial charge in [0.2, 0.25) is 0 Å². The fourth-order valence-corrected chi connectivity index (χ4v) is 3.58. The maximum atomic E-state index is 9.80. The number of hydrogen-bond acceptors (Lipinski definition) is 4. The third-order valence-electron chi connectivity index (χ3n) is 3.55. The number of benzene rings is 1. The minimum Gasteiger partial charge on any atom is -0.507 e. The van der Waals surface area contributed by atoms with Gasteiger partial charge in [-0.05, 0) is 55.9 Å². The Labute approximate surface area is 113 Å². The van der Waals surface area contributed by atoms with E-state index in [2.05, 4.69) is 5.32 Å². The second-order valence-corrected chi connectivity index (χ2v) is 6.12. The van der Waals surface area contributed by atoms with Crippen LogP contribution < -0.4 is 5.32 Å². The summed E-state index contributed by atoms with van der Waals surface area (Å²) in [5, 5.41) is 23.0. The van der Waals surface area contributed by atoms with Crippen LogP contribution >= 0.6 is 11.8 Å². The van der Waals surface area contributed by atoms with E-state index in [-0.39, 0.29) is 17.5 Å². The van der Waals surface area contributed by atoms with Gasteiger partial charge in [-0.2, -0.15) is 11.8 Å². The van der Waals surface area contributed by atoms with Crippen LogP contribution in [-0.2, 0) is 0 Å². The van der Waals surface area contributed by atoms with E-state index in [1.807, 2.05) is 18.7 Å². The lowest BCUT2D eigenvalue weighted by atomic mass is 10.0. The highest BCUT2D eigenvalue weighted by Crippen LogP contribution is 2.32. The van der Waals surface area contributed by atoms with E-state index in [9.17, 15) is 10.2 Å². The topological polar surface area (TPSA) is 52.5 Å². The molecule has 4 heteroatoms. The van der Waals surface area contributed by atoms with E-state index in [0.29, 0.717) is 5.56 Å². The van der Waals surface area contributed by atoms with E-state index in [1.54, 1.807) is 18.2 Å². The first kappa shape index (κ1) is 13.6. The number of aromatic hydroxyl groups is 2. The van der Waals surface area contributed by atoms with E-state index in [4.69, 9.17) is 0 Å². The predicted octanol–water partition coefficient (Wildman–Crippen LogP) is 2.89. The monoisotopic (exact) mass is 267 g/mol. The van der Waals surface area contributed by atoms with Gasteiger partial charge in [0.05, 0.1) is 5.56 Å². The summed E-state index contributed by atoms with van der Waals surface area (Å²) in [5.41, 5.74) is 0.600. The van der Waals surface area contributed by atoms with Crippen LogP contribution in [0.15, 0.2) is 18.2 Å². The van der Waals surface area contributed by atoms with Crippen molar-refractivity contribution in [2.45, 2.75) is 25.8 Å². The molecule has 0 bridgehead atoms. The van der Waals surface area contributed by atoms with Crippen LogP contribution in [0, 0.1) is 5.92 Å². The Morgan fingerprint density at radius 3 is 2.50 bits per heavy atom. The van der Waals surface area contributed by atoms with Gasteiger partial charge in [-0.1, -0.05) is 6.07 Å². The van der Waals surface area contributed by atoms with Crippen molar-refractivity contribution in [1.82, 2.24) is 5.32 Å². The van der Waals surface area contributed by atoms with Crippen molar-refractivity contribution in [1.29, 1.82) is 0 Å². The number of rotatable bonds is 4. The largest absolute Gasteiger partial charge is 0.507 e. The van der Waals surface area contributed by atoms with Crippen LogP contribution in [0.5, 0.6) is 11.5 Å². The number of hydrogen-bond donors (Lipinski definition) is 3. The zero-order valence-electron chi connectivity index (χ0n) is 10.7. The maximum absolute atomic E-state index is 9.80. The fraction of sp³-hybridized carbons (Fsp3) is 0.571. The first-order valence-electron chi connectivity index (χ1n) is 6.50.